The van der Waals surface area contributed by atoms with E-state index in [4.69, 9.17) is 19.7 Å². The number of rotatable bonds is 3. The molecule has 26 heavy (non-hydrogen) atoms. The van der Waals surface area contributed by atoms with Crippen LogP contribution in [0, 0.1) is 13.8 Å². The molecule has 0 saturated carbocycles. The van der Waals surface area contributed by atoms with Gasteiger partial charge in [-0.25, -0.2) is 4.79 Å². The summed E-state index contributed by atoms with van der Waals surface area (Å²) in [6.45, 7) is 10.3. The molecule has 0 aliphatic carbocycles. The van der Waals surface area contributed by atoms with Gasteiger partial charge in [-0.2, -0.15) is 0 Å². The van der Waals surface area contributed by atoms with Gasteiger partial charge >= 0.3 is 6.09 Å². The Balaban J connectivity index is 1.72. The van der Waals surface area contributed by atoms with Gasteiger partial charge in [-0.05, 0) is 52.8 Å². The second kappa shape index (κ2) is 6.55. The molecule has 1 aliphatic heterocycles. The normalized spacial score (nSPS) is 14.9. The molecule has 0 atom stereocenters. The fourth-order valence-corrected chi connectivity index (χ4v) is 2.88. The number of amides is 1. The molecule has 7 nitrogen and oxygen atoms in total. The Kier molecular flexibility index (Phi) is 4.56. The number of aryl methyl sites for hydroxylation is 2. The molecule has 0 bridgehead atoms. The highest BCUT2D eigenvalue weighted by Crippen LogP contribution is 2.37. The second-order valence-corrected chi connectivity index (χ2v) is 7.58. The number of likely N-dealkylation sites (tertiary alicyclic amines) is 1. The molecule has 1 amide bonds. The topological polar surface area (TPSA) is 90.8 Å². The van der Waals surface area contributed by atoms with Crippen LogP contribution in [0.2, 0.25) is 0 Å². The Labute approximate surface area is 153 Å². The van der Waals surface area contributed by atoms with Gasteiger partial charge in [0.05, 0.1) is 24.3 Å². The van der Waals surface area contributed by atoms with Crippen LogP contribution >= 0.6 is 0 Å². The maximum absolute atomic E-state index is 12.0. The van der Waals surface area contributed by atoms with Gasteiger partial charge in [0.1, 0.15) is 23.2 Å². The Morgan fingerprint density at radius 3 is 2.58 bits per heavy atom. The monoisotopic (exact) mass is 359 g/mol. The first-order valence-electron chi connectivity index (χ1n) is 8.61. The molecular weight excluding hydrogens is 334 g/mol. The van der Waals surface area contributed by atoms with E-state index in [2.05, 4.69) is 5.16 Å². The molecule has 1 aromatic carbocycles. The van der Waals surface area contributed by atoms with Gasteiger partial charge in [0.25, 0.3) is 0 Å². The van der Waals surface area contributed by atoms with Crippen molar-refractivity contribution >= 4 is 11.8 Å². The maximum Gasteiger partial charge on any atom is 0.410 e. The number of hydrogen-bond donors (Lipinski definition) is 1. The van der Waals surface area contributed by atoms with Crippen molar-refractivity contribution in [3.05, 3.63) is 29.7 Å². The van der Waals surface area contributed by atoms with E-state index < -0.39 is 5.60 Å². The first-order valence-corrected chi connectivity index (χ1v) is 8.61. The summed E-state index contributed by atoms with van der Waals surface area (Å²) in [7, 11) is 0. The van der Waals surface area contributed by atoms with Crippen molar-refractivity contribution < 1.29 is 18.8 Å². The third-order valence-electron chi connectivity index (χ3n) is 4.10. The summed E-state index contributed by atoms with van der Waals surface area (Å²) >= 11 is 0. The van der Waals surface area contributed by atoms with Crippen molar-refractivity contribution in [2.75, 3.05) is 18.8 Å². The minimum atomic E-state index is -0.503. The van der Waals surface area contributed by atoms with Gasteiger partial charge in [-0.1, -0.05) is 5.16 Å². The third kappa shape index (κ3) is 3.76. The summed E-state index contributed by atoms with van der Waals surface area (Å²) in [6.07, 6.45) is -0.411. The largest absolute Gasteiger partial charge is 0.486 e. The van der Waals surface area contributed by atoms with Crippen LogP contribution in [-0.4, -0.2) is 40.9 Å². The van der Waals surface area contributed by atoms with Gasteiger partial charge in [0.2, 0.25) is 0 Å². The molecule has 7 heteroatoms. The Morgan fingerprint density at radius 1 is 1.31 bits per heavy atom. The van der Waals surface area contributed by atoms with E-state index in [9.17, 15) is 4.79 Å². The van der Waals surface area contributed by atoms with E-state index in [-0.39, 0.29) is 12.2 Å². The van der Waals surface area contributed by atoms with Gasteiger partial charge in [0, 0.05) is 11.3 Å². The highest BCUT2D eigenvalue weighted by molar-refractivity contribution is 5.76. The van der Waals surface area contributed by atoms with Crippen molar-refractivity contribution in [3.8, 4) is 16.9 Å². The number of aromatic nitrogens is 1. The standard InChI is InChI=1S/C19H25N3O4/c1-11-17(12(2)26-21-11)15-8-13(20)6-7-16(15)24-14-9-22(10-14)18(23)25-19(3,4)5/h6-8,14H,9-10,20H2,1-5H3. The van der Waals surface area contributed by atoms with Gasteiger partial charge in [0.15, 0.2) is 0 Å². The number of hydrogen-bond acceptors (Lipinski definition) is 6. The average molecular weight is 359 g/mol. The lowest BCUT2D eigenvalue weighted by atomic mass is 10.0. The molecule has 0 spiro atoms. The maximum atomic E-state index is 12.0. The van der Waals surface area contributed by atoms with E-state index in [1.165, 1.54) is 0 Å². The Bertz CT molecular complexity index is 797. The second-order valence-electron chi connectivity index (χ2n) is 7.58. The summed E-state index contributed by atoms with van der Waals surface area (Å²) in [4.78, 5) is 13.7. The average Bonchev–Trinajstić information content (AvgIpc) is 2.80. The molecule has 2 aromatic rings. The number of nitrogens with two attached hydrogens (primary N) is 1. The molecule has 2 N–H and O–H groups in total. The lowest BCUT2D eigenvalue weighted by molar-refractivity contribution is -0.0219. The summed E-state index contributed by atoms with van der Waals surface area (Å²) in [5.41, 5.74) is 8.60. The lowest BCUT2D eigenvalue weighted by Crippen LogP contribution is -2.57. The predicted molar refractivity (Wildman–Crippen MR) is 98.0 cm³/mol. The van der Waals surface area contributed by atoms with Crippen LogP contribution in [0.5, 0.6) is 5.75 Å². The van der Waals surface area contributed by atoms with E-state index in [1.807, 2.05) is 46.8 Å². The molecule has 3 rings (SSSR count). The molecule has 1 saturated heterocycles. The van der Waals surface area contributed by atoms with E-state index >= 15 is 0 Å². The first kappa shape index (κ1) is 18.1. The summed E-state index contributed by atoms with van der Waals surface area (Å²) < 4.78 is 16.7. The smallest absolute Gasteiger partial charge is 0.410 e. The number of nitrogens with zero attached hydrogens (tertiary/aromatic N) is 2. The molecule has 0 radical (unpaired) electrons. The van der Waals surface area contributed by atoms with Crippen LogP contribution in [0.4, 0.5) is 10.5 Å². The lowest BCUT2D eigenvalue weighted by Gasteiger charge is -2.39. The summed E-state index contributed by atoms with van der Waals surface area (Å²) in [5.74, 6) is 1.41. The number of benzene rings is 1. The molecule has 1 aliphatic rings. The number of anilines is 1. The van der Waals surface area contributed by atoms with Crippen LogP contribution in [-0.2, 0) is 4.74 Å². The highest BCUT2D eigenvalue weighted by atomic mass is 16.6. The predicted octanol–water partition coefficient (Wildman–Crippen LogP) is 3.54. The van der Waals surface area contributed by atoms with Crippen molar-refractivity contribution in [2.24, 2.45) is 0 Å². The number of carbonyl (C=O) groups is 1. The van der Waals surface area contributed by atoms with Crippen molar-refractivity contribution in [1.82, 2.24) is 10.1 Å². The molecular formula is C19H25N3O4. The third-order valence-corrected chi connectivity index (χ3v) is 4.10. The zero-order valence-electron chi connectivity index (χ0n) is 15.8. The van der Waals surface area contributed by atoms with Crippen LogP contribution in [0.1, 0.15) is 32.2 Å². The zero-order valence-corrected chi connectivity index (χ0v) is 15.8. The zero-order chi connectivity index (χ0) is 19.1. The van der Waals surface area contributed by atoms with Crippen molar-refractivity contribution in [3.63, 3.8) is 0 Å². The molecule has 0 unspecified atom stereocenters. The minimum absolute atomic E-state index is 0.0923. The highest BCUT2D eigenvalue weighted by Gasteiger charge is 2.35. The van der Waals surface area contributed by atoms with Gasteiger partial charge < -0.3 is 24.6 Å². The van der Waals surface area contributed by atoms with E-state index in [0.717, 1.165) is 16.8 Å². The molecule has 2 heterocycles. The van der Waals surface area contributed by atoms with E-state index in [1.54, 1.807) is 11.0 Å². The van der Waals surface area contributed by atoms with Crippen LogP contribution in [0.25, 0.3) is 11.1 Å². The van der Waals surface area contributed by atoms with Gasteiger partial charge in [-0.15, -0.1) is 0 Å². The SMILES string of the molecule is Cc1noc(C)c1-c1cc(N)ccc1OC1CN(C(=O)OC(C)(C)C)C1. The van der Waals surface area contributed by atoms with Crippen LogP contribution < -0.4 is 10.5 Å². The molecule has 1 fully saturated rings. The first-order chi connectivity index (χ1) is 12.1. The number of nitrogen functional groups attached to an aromatic ring is 1. The van der Waals surface area contributed by atoms with E-state index in [0.29, 0.717) is 30.3 Å². The number of carbonyl (C=O) groups excluding carboxylic acids is 1. The Hall–Kier alpha value is -2.70. The van der Waals surface area contributed by atoms with Crippen molar-refractivity contribution in [2.45, 2.75) is 46.3 Å². The fraction of sp³-hybridized carbons (Fsp3) is 0.474. The van der Waals surface area contributed by atoms with Crippen molar-refractivity contribution in [1.29, 1.82) is 0 Å². The minimum Gasteiger partial charge on any atom is -0.486 e. The van der Waals surface area contributed by atoms with Crippen LogP contribution in [0.3, 0.4) is 0 Å². The summed E-state index contributed by atoms with van der Waals surface area (Å²) in [5, 5.41) is 4.01. The van der Waals surface area contributed by atoms with Gasteiger partial charge in [-0.3, -0.25) is 0 Å². The molecule has 1 aromatic heterocycles. The molecule has 140 valence electrons. The quantitative estimate of drug-likeness (QED) is 0.843. The van der Waals surface area contributed by atoms with Crippen LogP contribution in [0.15, 0.2) is 22.7 Å². The Morgan fingerprint density at radius 2 is 2.00 bits per heavy atom. The number of ether oxygens (including phenoxy) is 2. The fourth-order valence-electron chi connectivity index (χ4n) is 2.88. The summed E-state index contributed by atoms with van der Waals surface area (Å²) in [6, 6.07) is 5.49.